The molecule has 0 saturated carbocycles. The van der Waals surface area contributed by atoms with E-state index in [-0.39, 0.29) is 11.8 Å². The molecule has 2 rings (SSSR count). The van der Waals surface area contributed by atoms with Gasteiger partial charge in [-0.1, -0.05) is 18.2 Å². The minimum atomic E-state index is -0.227. The molecule has 19 heavy (non-hydrogen) atoms. The summed E-state index contributed by atoms with van der Waals surface area (Å²) in [5.74, 6) is -0.233. The third-order valence-corrected chi connectivity index (χ3v) is 3.06. The lowest BCUT2D eigenvalue weighted by atomic mass is 9.91. The van der Waals surface area contributed by atoms with Crippen molar-refractivity contribution in [2.45, 2.75) is 12.3 Å². The molecule has 3 N–H and O–H groups in total. The van der Waals surface area contributed by atoms with E-state index in [1.807, 2.05) is 36.4 Å². The fourth-order valence-corrected chi connectivity index (χ4v) is 2.02. The number of nitrogens with one attached hydrogen (secondary N) is 1. The van der Waals surface area contributed by atoms with Crippen LogP contribution in [-0.2, 0) is 11.2 Å². The number of amides is 1. The summed E-state index contributed by atoms with van der Waals surface area (Å²) in [7, 11) is 1.65. The summed E-state index contributed by atoms with van der Waals surface area (Å²) >= 11 is 0. The van der Waals surface area contributed by atoms with Gasteiger partial charge in [-0.2, -0.15) is 0 Å². The summed E-state index contributed by atoms with van der Waals surface area (Å²) in [6.45, 7) is 0. The molecule has 1 heterocycles. The Bertz CT molecular complexity index is 537. The third-order valence-electron chi connectivity index (χ3n) is 3.06. The number of likely N-dealkylation sites (N-methyl/N-ethyl adjacent to an activating group) is 1. The van der Waals surface area contributed by atoms with E-state index in [2.05, 4.69) is 10.3 Å². The Morgan fingerprint density at radius 1 is 1.32 bits per heavy atom. The molecule has 0 spiro atoms. The van der Waals surface area contributed by atoms with Crippen molar-refractivity contribution in [1.29, 1.82) is 0 Å². The first-order chi connectivity index (χ1) is 9.20. The molecule has 0 bridgehead atoms. The van der Waals surface area contributed by atoms with E-state index in [0.29, 0.717) is 12.1 Å². The van der Waals surface area contributed by atoms with Gasteiger partial charge in [-0.25, -0.2) is 0 Å². The summed E-state index contributed by atoms with van der Waals surface area (Å²) in [6, 6.07) is 11.3. The van der Waals surface area contributed by atoms with E-state index in [1.54, 1.807) is 19.4 Å². The average Bonchev–Trinajstić information content (AvgIpc) is 2.46. The van der Waals surface area contributed by atoms with E-state index in [0.717, 1.165) is 11.1 Å². The van der Waals surface area contributed by atoms with Crippen molar-refractivity contribution in [1.82, 2.24) is 10.3 Å². The van der Waals surface area contributed by atoms with Crippen LogP contribution < -0.4 is 11.1 Å². The second kappa shape index (κ2) is 6.00. The number of aromatic nitrogens is 1. The summed E-state index contributed by atoms with van der Waals surface area (Å²) in [4.78, 5) is 16.1. The van der Waals surface area contributed by atoms with Gasteiger partial charge in [0.1, 0.15) is 0 Å². The Balaban J connectivity index is 2.26. The van der Waals surface area contributed by atoms with Crippen molar-refractivity contribution in [2.75, 3.05) is 12.8 Å². The number of nitrogens with zero attached hydrogens (tertiary/aromatic N) is 1. The molecule has 0 aliphatic heterocycles. The van der Waals surface area contributed by atoms with Gasteiger partial charge in [0.15, 0.2) is 0 Å². The lowest BCUT2D eigenvalue weighted by Crippen LogP contribution is -2.27. The van der Waals surface area contributed by atoms with Crippen molar-refractivity contribution in [3.8, 4) is 0 Å². The predicted octanol–water partition coefficient (Wildman–Crippen LogP) is 1.74. The molecular weight excluding hydrogens is 238 g/mol. The van der Waals surface area contributed by atoms with Crippen molar-refractivity contribution in [2.24, 2.45) is 0 Å². The first-order valence-corrected chi connectivity index (χ1v) is 6.16. The zero-order valence-corrected chi connectivity index (χ0v) is 10.8. The van der Waals surface area contributed by atoms with Crippen LogP contribution >= 0.6 is 0 Å². The van der Waals surface area contributed by atoms with Crippen LogP contribution in [0, 0.1) is 0 Å². The SMILES string of the molecule is CNC(=O)C(Cc1cccnc1)c1ccc(N)cc1. The number of nitrogen functional groups attached to an aromatic ring is 1. The maximum absolute atomic E-state index is 12.0. The van der Waals surface area contributed by atoms with Crippen molar-refractivity contribution in [3.05, 3.63) is 59.9 Å². The number of benzene rings is 1. The van der Waals surface area contributed by atoms with Gasteiger partial charge in [0.05, 0.1) is 5.92 Å². The quantitative estimate of drug-likeness (QED) is 0.818. The molecule has 1 aromatic carbocycles. The van der Waals surface area contributed by atoms with Gasteiger partial charge in [-0.05, 0) is 35.7 Å². The van der Waals surface area contributed by atoms with Crippen molar-refractivity contribution < 1.29 is 4.79 Å². The maximum Gasteiger partial charge on any atom is 0.227 e. The molecule has 98 valence electrons. The lowest BCUT2D eigenvalue weighted by molar-refractivity contribution is -0.122. The van der Waals surface area contributed by atoms with Gasteiger partial charge in [-0.3, -0.25) is 9.78 Å². The van der Waals surface area contributed by atoms with E-state index < -0.39 is 0 Å². The Hall–Kier alpha value is -2.36. The van der Waals surface area contributed by atoms with Crippen LogP contribution in [0.5, 0.6) is 0 Å². The molecule has 0 saturated heterocycles. The van der Waals surface area contributed by atoms with Crippen LogP contribution in [-0.4, -0.2) is 17.9 Å². The van der Waals surface area contributed by atoms with E-state index in [1.165, 1.54) is 0 Å². The number of hydrogen-bond donors (Lipinski definition) is 2. The molecule has 1 aromatic heterocycles. The molecular formula is C15H17N3O. The fourth-order valence-electron chi connectivity index (χ4n) is 2.02. The Labute approximate surface area is 112 Å². The molecule has 2 aromatic rings. The number of nitrogens with two attached hydrogens (primary N) is 1. The van der Waals surface area contributed by atoms with Gasteiger partial charge in [-0.15, -0.1) is 0 Å². The molecule has 0 aliphatic rings. The summed E-state index contributed by atoms with van der Waals surface area (Å²) < 4.78 is 0. The predicted molar refractivity (Wildman–Crippen MR) is 75.6 cm³/mol. The standard InChI is InChI=1S/C15H17N3O/c1-17-15(19)14(9-11-3-2-8-18-10-11)12-4-6-13(16)7-5-12/h2-8,10,14H,9,16H2,1H3,(H,17,19). The molecule has 1 amide bonds. The van der Waals surface area contributed by atoms with Crippen LogP contribution in [0.15, 0.2) is 48.8 Å². The first kappa shape index (κ1) is 13.1. The van der Waals surface area contributed by atoms with Crippen LogP contribution in [0.2, 0.25) is 0 Å². The minimum Gasteiger partial charge on any atom is -0.399 e. The lowest BCUT2D eigenvalue weighted by Gasteiger charge is -2.16. The molecule has 0 aliphatic carbocycles. The van der Waals surface area contributed by atoms with E-state index >= 15 is 0 Å². The highest BCUT2D eigenvalue weighted by atomic mass is 16.1. The normalized spacial score (nSPS) is 11.8. The van der Waals surface area contributed by atoms with Crippen LogP contribution in [0.25, 0.3) is 0 Å². The molecule has 4 nitrogen and oxygen atoms in total. The Morgan fingerprint density at radius 3 is 2.63 bits per heavy atom. The number of hydrogen-bond acceptors (Lipinski definition) is 3. The highest BCUT2D eigenvalue weighted by Gasteiger charge is 2.19. The maximum atomic E-state index is 12.0. The number of pyridine rings is 1. The highest BCUT2D eigenvalue weighted by molar-refractivity contribution is 5.83. The number of carbonyl (C=O) groups is 1. The van der Waals surface area contributed by atoms with Gasteiger partial charge >= 0.3 is 0 Å². The van der Waals surface area contributed by atoms with Crippen LogP contribution in [0.1, 0.15) is 17.0 Å². The number of rotatable bonds is 4. The Morgan fingerprint density at radius 2 is 2.05 bits per heavy atom. The van der Waals surface area contributed by atoms with Gasteiger partial charge in [0, 0.05) is 25.1 Å². The van der Waals surface area contributed by atoms with Crippen LogP contribution in [0.4, 0.5) is 5.69 Å². The summed E-state index contributed by atoms with van der Waals surface area (Å²) in [5, 5.41) is 2.71. The smallest absolute Gasteiger partial charge is 0.227 e. The zero-order chi connectivity index (χ0) is 13.7. The highest BCUT2D eigenvalue weighted by Crippen LogP contribution is 2.22. The largest absolute Gasteiger partial charge is 0.399 e. The van der Waals surface area contributed by atoms with Crippen molar-refractivity contribution in [3.63, 3.8) is 0 Å². The minimum absolute atomic E-state index is 0.00590. The van der Waals surface area contributed by atoms with E-state index in [4.69, 9.17) is 5.73 Å². The third kappa shape index (κ3) is 3.31. The summed E-state index contributed by atoms with van der Waals surface area (Å²) in [6.07, 6.45) is 4.13. The molecule has 0 fully saturated rings. The van der Waals surface area contributed by atoms with Crippen LogP contribution in [0.3, 0.4) is 0 Å². The molecule has 0 radical (unpaired) electrons. The molecule has 4 heteroatoms. The average molecular weight is 255 g/mol. The Kier molecular flexibility index (Phi) is 4.13. The van der Waals surface area contributed by atoms with Gasteiger partial charge < -0.3 is 11.1 Å². The topological polar surface area (TPSA) is 68.0 Å². The van der Waals surface area contributed by atoms with E-state index in [9.17, 15) is 4.79 Å². The first-order valence-electron chi connectivity index (χ1n) is 6.16. The van der Waals surface area contributed by atoms with Gasteiger partial charge in [0.2, 0.25) is 5.91 Å². The van der Waals surface area contributed by atoms with Gasteiger partial charge in [0.25, 0.3) is 0 Å². The second-order valence-corrected chi connectivity index (χ2v) is 4.40. The monoisotopic (exact) mass is 255 g/mol. The summed E-state index contributed by atoms with van der Waals surface area (Å²) in [5.41, 5.74) is 8.36. The number of carbonyl (C=O) groups excluding carboxylic acids is 1. The zero-order valence-electron chi connectivity index (χ0n) is 10.8. The molecule has 1 atom stereocenters. The second-order valence-electron chi connectivity index (χ2n) is 4.40. The fraction of sp³-hybridized carbons (Fsp3) is 0.200. The number of anilines is 1. The van der Waals surface area contributed by atoms with Crippen molar-refractivity contribution >= 4 is 11.6 Å². The molecule has 1 unspecified atom stereocenters.